The highest BCUT2D eigenvalue weighted by Gasteiger charge is 2.31. The molecule has 1 N–H and O–H groups in total. The second kappa shape index (κ2) is 6.94. The molecule has 0 unspecified atom stereocenters. The Morgan fingerprint density at radius 1 is 1.35 bits per heavy atom. The number of carbonyl (C=O) groups is 1. The molecule has 6 heteroatoms. The van der Waals surface area contributed by atoms with Crippen LogP contribution in [-0.4, -0.2) is 35.5 Å². The molecular weight excluding hydrogens is 328 g/mol. The predicted octanol–water partition coefficient (Wildman–Crippen LogP) is 2.23. The second-order valence-corrected chi connectivity index (χ2v) is 6.92. The molecule has 6 nitrogen and oxygen atoms in total. The van der Waals surface area contributed by atoms with Crippen LogP contribution in [0.4, 0.5) is 5.82 Å². The average Bonchev–Trinajstić information content (AvgIpc) is 3.05. The number of ether oxygens (including phenoxy) is 1. The summed E-state index contributed by atoms with van der Waals surface area (Å²) in [7, 11) is 0. The highest BCUT2D eigenvalue weighted by atomic mass is 16.5. The van der Waals surface area contributed by atoms with Gasteiger partial charge < -0.3 is 15.0 Å². The first-order valence-corrected chi connectivity index (χ1v) is 9.25. The lowest BCUT2D eigenvalue weighted by Crippen LogP contribution is -2.33. The van der Waals surface area contributed by atoms with Crippen molar-refractivity contribution in [1.82, 2.24) is 15.3 Å². The summed E-state index contributed by atoms with van der Waals surface area (Å²) in [6.45, 7) is 6.54. The van der Waals surface area contributed by atoms with E-state index in [-0.39, 0.29) is 11.8 Å². The Balaban J connectivity index is 1.66. The zero-order valence-corrected chi connectivity index (χ0v) is 15.3. The fourth-order valence-electron chi connectivity index (χ4n) is 3.81. The van der Waals surface area contributed by atoms with Gasteiger partial charge in [0.15, 0.2) is 0 Å². The zero-order valence-electron chi connectivity index (χ0n) is 15.3. The molecule has 0 spiro atoms. The molecule has 1 amide bonds. The third-order valence-electron chi connectivity index (χ3n) is 5.10. The number of nitrogens with one attached hydrogen (secondary N) is 1. The van der Waals surface area contributed by atoms with Crippen LogP contribution in [0.2, 0.25) is 0 Å². The van der Waals surface area contributed by atoms with Crippen molar-refractivity contribution < 1.29 is 9.53 Å². The van der Waals surface area contributed by atoms with Gasteiger partial charge >= 0.3 is 0 Å². The number of amides is 1. The van der Waals surface area contributed by atoms with Gasteiger partial charge in [0.05, 0.1) is 11.6 Å². The Bertz CT molecular complexity index is 837. The van der Waals surface area contributed by atoms with Gasteiger partial charge in [-0.05, 0) is 31.9 Å². The molecule has 2 aliphatic heterocycles. The molecule has 0 radical (unpaired) electrons. The number of rotatable bonds is 3. The van der Waals surface area contributed by atoms with E-state index < -0.39 is 0 Å². The van der Waals surface area contributed by atoms with Crippen molar-refractivity contribution in [2.45, 2.75) is 33.3 Å². The summed E-state index contributed by atoms with van der Waals surface area (Å²) in [5.41, 5.74) is 3.22. The quantitative estimate of drug-likeness (QED) is 0.917. The van der Waals surface area contributed by atoms with Crippen LogP contribution in [0.5, 0.6) is 5.75 Å². The van der Waals surface area contributed by atoms with E-state index in [0.717, 1.165) is 53.6 Å². The maximum atomic E-state index is 12.2. The lowest BCUT2D eigenvalue weighted by atomic mass is 10.0. The molecule has 2 aliphatic rings. The summed E-state index contributed by atoms with van der Waals surface area (Å²) in [4.78, 5) is 23.8. The van der Waals surface area contributed by atoms with Crippen LogP contribution in [0.1, 0.15) is 36.0 Å². The number of aromatic nitrogens is 2. The third kappa shape index (κ3) is 3.11. The first kappa shape index (κ1) is 16.8. The number of nitrogens with zero attached hydrogens (tertiary/aromatic N) is 3. The van der Waals surface area contributed by atoms with E-state index in [9.17, 15) is 4.79 Å². The number of anilines is 1. The topological polar surface area (TPSA) is 67.4 Å². The minimum Gasteiger partial charge on any atom is -0.487 e. The molecule has 1 aromatic carbocycles. The highest BCUT2D eigenvalue weighted by molar-refractivity contribution is 5.80. The summed E-state index contributed by atoms with van der Waals surface area (Å²) < 4.78 is 5.97. The normalized spacial score (nSPS) is 18.5. The maximum Gasteiger partial charge on any atom is 0.224 e. The summed E-state index contributed by atoms with van der Waals surface area (Å²) in [6.07, 6.45) is 1.61. The van der Waals surface area contributed by atoms with Crippen molar-refractivity contribution >= 4 is 11.7 Å². The minimum absolute atomic E-state index is 0.0233. The largest absolute Gasteiger partial charge is 0.487 e. The lowest BCUT2D eigenvalue weighted by molar-refractivity contribution is -0.124. The summed E-state index contributed by atoms with van der Waals surface area (Å²) in [5.74, 6) is 2.78. The first-order chi connectivity index (χ1) is 12.7. The summed E-state index contributed by atoms with van der Waals surface area (Å²) >= 11 is 0. The molecule has 136 valence electrons. The van der Waals surface area contributed by atoms with E-state index in [0.29, 0.717) is 19.7 Å². The fraction of sp³-hybridized carbons (Fsp3) is 0.450. The summed E-state index contributed by atoms with van der Waals surface area (Å²) in [5, 5.41) is 2.94. The molecule has 0 saturated carbocycles. The monoisotopic (exact) mass is 352 g/mol. The number of fused-ring (bicyclic) bond motifs is 2. The molecule has 1 atom stereocenters. The average molecular weight is 352 g/mol. The highest BCUT2D eigenvalue weighted by Crippen LogP contribution is 2.34. The molecule has 1 fully saturated rings. The van der Waals surface area contributed by atoms with Gasteiger partial charge in [0, 0.05) is 31.6 Å². The van der Waals surface area contributed by atoms with Crippen LogP contribution < -0.4 is 15.0 Å². The number of aryl methyl sites for hydroxylation is 1. The van der Waals surface area contributed by atoms with Crippen LogP contribution in [-0.2, 0) is 17.8 Å². The van der Waals surface area contributed by atoms with Gasteiger partial charge in [0.1, 0.15) is 24.0 Å². The third-order valence-corrected chi connectivity index (χ3v) is 5.10. The number of hydrogen-bond donors (Lipinski definition) is 1. The second-order valence-electron chi connectivity index (χ2n) is 6.92. The van der Waals surface area contributed by atoms with Crippen LogP contribution in [0.15, 0.2) is 24.3 Å². The van der Waals surface area contributed by atoms with Crippen LogP contribution in [0, 0.1) is 12.8 Å². The van der Waals surface area contributed by atoms with Gasteiger partial charge in [-0.25, -0.2) is 9.97 Å². The minimum atomic E-state index is 0.0233. The Kier molecular flexibility index (Phi) is 4.49. The molecule has 1 aromatic heterocycles. The molecule has 26 heavy (non-hydrogen) atoms. The van der Waals surface area contributed by atoms with Crippen LogP contribution in [0.3, 0.4) is 0 Å². The molecule has 4 rings (SSSR count). The zero-order chi connectivity index (χ0) is 18.1. The van der Waals surface area contributed by atoms with Crippen LogP contribution in [0.25, 0.3) is 0 Å². The predicted molar refractivity (Wildman–Crippen MR) is 99.4 cm³/mol. The summed E-state index contributed by atoms with van der Waals surface area (Å²) in [6, 6.07) is 8.12. The van der Waals surface area contributed by atoms with Gasteiger partial charge in [0.25, 0.3) is 0 Å². The van der Waals surface area contributed by atoms with Gasteiger partial charge in [-0.2, -0.15) is 0 Å². The molecule has 1 saturated heterocycles. The number of para-hydroxylation sites is 1. The Morgan fingerprint density at radius 2 is 2.19 bits per heavy atom. The van der Waals surface area contributed by atoms with E-state index in [4.69, 9.17) is 9.72 Å². The molecule has 3 heterocycles. The van der Waals surface area contributed by atoms with Crippen molar-refractivity contribution in [2.75, 3.05) is 24.5 Å². The van der Waals surface area contributed by atoms with E-state index in [1.54, 1.807) is 0 Å². The number of carbonyl (C=O) groups excluding carboxylic acids is 1. The van der Waals surface area contributed by atoms with Crippen molar-refractivity contribution in [2.24, 2.45) is 5.92 Å². The van der Waals surface area contributed by atoms with Crippen molar-refractivity contribution in [3.63, 3.8) is 0 Å². The number of hydrogen-bond acceptors (Lipinski definition) is 5. The molecule has 0 aliphatic carbocycles. The maximum absolute atomic E-state index is 12.2. The number of benzene rings is 1. The van der Waals surface area contributed by atoms with E-state index in [2.05, 4.69) is 21.3 Å². The van der Waals surface area contributed by atoms with Gasteiger partial charge in [-0.15, -0.1) is 0 Å². The van der Waals surface area contributed by atoms with Crippen molar-refractivity contribution in [3.8, 4) is 5.75 Å². The lowest BCUT2D eigenvalue weighted by Gasteiger charge is -2.22. The van der Waals surface area contributed by atoms with E-state index in [1.165, 1.54) is 0 Å². The van der Waals surface area contributed by atoms with E-state index >= 15 is 0 Å². The molecule has 0 bridgehead atoms. The Hall–Kier alpha value is -2.63. The Labute approximate surface area is 153 Å². The molecular formula is C20H24N4O2. The SMILES string of the molecule is CCNC(=O)[C@@H]1CCN(c2nc(C)nc3c2Cc2ccccc2OC3)C1. The first-order valence-electron chi connectivity index (χ1n) is 9.25. The standard InChI is InChI=1S/C20H24N4O2/c1-3-21-20(25)15-8-9-24(11-15)19-16-10-14-6-4-5-7-18(14)26-12-17(16)22-13(2)23-19/h4-7,15H,3,8-12H2,1-2H3,(H,21,25)/t15-/m1/s1. The van der Waals surface area contributed by atoms with Gasteiger partial charge in [-0.1, -0.05) is 18.2 Å². The van der Waals surface area contributed by atoms with Crippen LogP contribution >= 0.6 is 0 Å². The van der Waals surface area contributed by atoms with Crippen molar-refractivity contribution in [3.05, 3.63) is 46.9 Å². The van der Waals surface area contributed by atoms with E-state index in [1.807, 2.05) is 32.0 Å². The molecule has 2 aromatic rings. The fourth-order valence-corrected chi connectivity index (χ4v) is 3.81. The van der Waals surface area contributed by atoms with Gasteiger partial charge in [0.2, 0.25) is 5.91 Å². The Morgan fingerprint density at radius 3 is 3.04 bits per heavy atom. The van der Waals surface area contributed by atoms with Crippen molar-refractivity contribution in [1.29, 1.82) is 0 Å². The smallest absolute Gasteiger partial charge is 0.224 e. The van der Waals surface area contributed by atoms with Gasteiger partial charge in [-0.3, -0.25) is 4.79 Å².